The van der Waals surface area contributed by atoms with E-state index in [0.717, 1.165) is 16.8 Å². The predicted molar refractivity (Wildman–Crippen MR) is 138 cm³/mol. The summed E-state index contributed by atoms with van der Waals surface area (Å²) >= 11 is 14.1. The van der Waals surface area contributed by atoms with Gasteiger partial charge in [-0.15, -0.1) is 10.2 Å². The number of fused-ring (bicyclic) bond motifs is 3. The minimum absolute atomic E-state index is 0.354. The average Bonchev–Trinajstić information content (AvgIpc) is 3.04. The molecule has 0 saturated carbocycles. The second kappa shape index (κ2) is 10.2. The van der Waals surface area contributed by atoms with Gasteiger partial charge < -0.3 is 19.5 Å². The van der Waals surface area contributed by atoms with E-state index in [4.69, 9.17) is 37.4 Å². The van der Waals surface area contributed by atoms with E-state index in [0.29, 0.717) is 49.6 Å². The first kappa shape index (κ1) is 23.5. The van der Waals surface area contributed by atoms with Gasteiger partial charge in [0.1, 0.15) is 0 Å². The second-order valence-electron chi connectivity index (χ2n) is 7.58. The Labute approximate surface area is 216 Å². The maximum absolute atomic E-state index is 6.62. The van der Waals surface area contributed by atoms with Crippen molar-refractivity contribution in [2.75, 3.05) is 19.5 Å². The highest BCUT2D eigenvalue weighted by atomic mass is 35.5. The smallest absolute Gasteiger partial charge is 0.247 e. The number of hydrogen-bond donors (Lipinski definition) is 1. The van der Waals surface area contributed by atoms with Gasteiger partial charge in [-0.25, -0.2) is 0 Å². The van der Waals surface area contributed by atoms with Gasteiger partial charge in [-0.05, 0) is 29.8 Å². The van der Waals surface area contributed by atoms with E-state index in [-0.39, 0.29) is 0 Å². The Bertz CT molecular complexity index is 1370. The van der Waals surface area contributed by atoms with Gasteiger partial charge in [0, 0.05) is 33.7 Å². The SMILES string of the molecule is COc1cc(Cl)c([C@H]2Nc3ccccc3-c3nnc(SCc4ccc(Cl)cc4)nc3O2)cc1OC. The van der Waals surface area contributed by atoms with Gasteiger partial charge in [0.15, 0.2) is 23.4 Å². The zero-order valence-corrected chi connectivity index (χ0v) is 21.1. The first-order valence-electron chi connectivity index (χ1n) is 10.6. The molecule has 35 heavy (non-hydrogen) atoms. The van der Waals surface area contributed by atoms with E-state index in [1.54, 1.807) is 26.4 Å². The van der Waals surface area contributed by atoms with Crippen molar-refractivity contribution in [1.29, 1.82) is 0 Å². The van der Waals surface area contributed by atoms with Crippen LogP contribution in [0.3, 0.4) is 0 Å². The Hall–Kier alpha value is -3.20. The molecule has 0 spiro atoms. The van der Waals surface area contributed by atoms with Crippen molar-refractivity contribution in [3.8, 4) is 28.6 Å². The lowest BCUT2D eigenvalue weighted by molar-refractivity contribution is 0.224. The fourth-order valence-corrected chi connectivity index (χ4v) is 4.76. The number of hydrogen-bond acceptors (Lipinski definition) is 8. The molecule has 7 nitrogen and oxygen atoms in total. The quantitative estimate of drug-likeness (QED) is 0.279. The first-order valence-corrected chi connectivity index (χ1v) is 12.4. The lowest BCUT2D eigenvalue weighted by Crippen LogP contribution is -2.18. The number of benzene rings is 3. The van der Waals surface area contributed by atoms with Crippen molar-refractivity contribution in [1.82, 2.24) is 15.2 Å². The monoisotopic (exact) mass is 526 g/mol. The van der Waals surface area contributed by atoms with Gasteiger partial charge in [0.2, 0.25) is 11.0 Å². The summed E-state index contributed by atoms with van der Waals surface area (Å²) in [5.41, 5.74) is 3.96. The molecule has 0 unspecified atom stereocenters. The third-order valence-corrected chi connectivity index (χ3v) is 6.89. The van der Waals surface area contributed by atoms with E-state index in [1.807, 2.05) is 48.5 Å². The molecule has 1 aliphatic heterocycles. The number of nitrogens with zero attached hydrogens (tertiary/aromatic N) is 3. The van der Waals surface area contributed by atoms with Crippen molar-refractivity contribution >= 4 is 40.7 Å². The normalized spacial score (nSPS) is 14.1. The van der Waals surface area contributed by atoms with Gasteiger partial charge in [-0.1, -0.05) is 65.3 Å². The summed E-state index contributed by atoms with van der Waals surface area (Å²) in [5, 5.41) is 13.9. The zero-order valence-electron chi connectivity index (χ0n) is 18.8. The number of methoxy groups -OCH3 is 2. The molecule has 178 valence electrons. The van der Waals surface area contributed by atoms with E-state index in [9.17, 15) is 0 Å². The van der Waals surface area contributed by atoms with Crippen LogP contribution in [0.5, 0.6) is 17.4 Å². The largest absolute Gasteiger partial charge is 0.493 e. The lowest BCUT2D eigenvalue weighted by atomic mass is 10.1. The number of ether oxygens (including phenoxy) is 3. The van der Waals surface area contributed by atoms with Crippen molar-refractivity contribution in [3.63, 3.8) is 0 Å². The number of halogens is 2. The molecular formula is C25H20Cl2N4O3S. The molecule has 2 heterocycles. The van der Waals surface area contributed by atoms with Crippen LogP contribution < -0.4 is 19.5 Å². The summed E-state index contributed by atoms with van der Waals surface area (Å²) in [7, 11) is 3.13. The highest BCUT2D eigenvalue weighted by Gasteiger charge is 2.28. The molecule has 5 rings (SSSR count). The van der Waals surface area contributed by atoms with Crippen molar-refractivity contribution in [3.05, 3.63) is 81.8 Å². The van der Waals surface area contributed by atoms with Gasteiger partial charge in [0.05, 0.1) is 19.2 Å². The number of aromatic nitrogens is 3. The molecule has 0 amide bonds. The highest BCUT2D eigenvalue weighted by molar-refractivity contribution is 7.98. The molecule has 1 N–H and O–H groups in total. The van der Waals surface area contributed by atoms with Crippen LogP contribution in [0.2, 0.25) is 10.0 Å². The molecule has 1 aromatic heterocycles. The van der Waals surface area contributed by atoms with Crippen LogP contribution >= 0.6 is 35.0 Å². The second-order valence-corrected chi connectivity index (χ2v) is 9.37. The van der Waals surface area contributed by atoms with Crippen molar-refractivity contribution < 1.29 is 14.2 Å². The summed E-state index contributed by atoms with van der Waals surface area (Å²) < 4.78 is 17.2. The standard InChI is InChI=1S/C25H20Cl2N4O3S/c1-32-20-11-17(18(27)12-21(20)33-2)23-28-19-6-4-3-5-16(19)22-24(34-23)29-25(31-30-22)35-13-14-7-9-15(26)10-8-14/h3-12,23,28H,13H2,1-2H3/t23-/m0/s1. The molecule has 10 heteroatoms. The summed E-state index contributed by atoms with van der Waals surface area (Å²) in [6.07, 6.45) is -0.657. The van der Waals surface area contributed by atoms with Crippen LogP contribution in [0.15, 0.2) is 65.8 Å². The molecule has 1 atom stereocenters. The molecular weight excluding hydrogens is 507 g/mol. The molecule has 0 fully saturated rings. The van der Waals surface area contributed by atoms with Crippen molar-refractivity contribution in [2.45, 2.75) is 17.1 Å². The molecule has 1 aliphatic rings. The van der Waals surface area contributed by atoms with Gasteiger partial charge in [-0.2, -0.15) is 4.98 Å². The van der Waals surface area contributed by atoms with Crippen LogP contribution in [0.25, 0.3) is 11.3 Å². The Kier molecular flexibility index (Phi) is 6.86. The predicted octanol–water partition coefficient (Wildman–Crippen LogP) is 6.66. The summed E-state index contributed by atoms with van der Waals surface area (Å²) in [6, 6.07) is 18.9. The summed E-state index contributed by atoms with van der Waals surface area (Å²) in [6.45, 7) is 0. The van der Waals surface area contributed by atoms with E-state index >= 15 is 0 Å². The minimum atomic E-state index is -0.657. The molecule has 3 aromatic carbocycles. The number of thioether (sulfide) groups is 1. The maximum Gasteiger partial charge on any atom is 0.247 e. The van der Waals surface area contributed by atoms with Crippen LogP contribution in [0, 0.1) is 0 Å². The fourth-order valence-electron chi connectivity index (χ4n) is 3.65. The van der Waals surface area contributed by atoms with Crippen molar-refractivity contribution in [2.24, 2.45) is 0 Å². The number of para-hydroxylation sites is 1. The number of nitrogens with one attached hydrogen (secondary N) is 1. The van der Waals surface area contributed by atoms with Crippen LogP contribution in [0.1, 0.15) is 17.4 Å². The minimum Gasteiger partial charge on any atom is -0.493 e. The van der Waals surface area contributed by atoms with Crippen LogP contribution in [-0.2, 0) is 5.75 Å². The Morgan fingerprint density at radius 2 is 1.71 bits per heavy atom. The maximum atomic E-state index is 6.62. The lowest BCUT2D eigenvalue weighted by Gasteiger charge is -2.21. The third-order valence-electron chi connectivity index (χ3n) is 5.40. The average molecular weight is 527 g/mol. The van der Waals surface area contributed by atoms with Gasteiger partial charge >= 0.3 is 0 Å². The van der Waals surface area contributed by atoms with Crippen LogP contribution in [0.4, 0.5) is 5.69 Å². The Morgan fingerprint density at radius 3 is 2.49 bits per heavy atom. The molecule has 0 radical (unpaired) electrons. The topological polar surface area (TPSA) is 78.4 Å². The molecule has 0 aliphatic carbocycles. The Balaban J connectivity index is 1.51. The molecule has 0 bridgehead atoms. The molecule has 0 saturated heterocycles. The zero-order chi connectivity index (χ0) is 24.4. The van der Waals surface area contributed by atoms with Crippen LogP contribution in [-0.4, -0.2) is 29.4 Å². The number of anilines is 1. The van der Waals surface area contributed by atoms with E-state index in [2.05, 4.69) is 20.5 Å². The van der Waals surface area contributed by atoms with E-state index < -0.39 is 6.23 Å². The molecule has 4 aromatic rings. The summed E-state index contributed by atoms with van der Waals surface area (Å²) in [4.78, 5) is 4.69. The van der Waals surface area contributed by atoms with Gasteiger partial charge in [0.25, 0.3) is 0 Å². The third kappa shape index (κ3) is 4.96. The summed E-state index contributed by atoms with van der Waals surface area (Å²) in [5.74, 6) is 2.08. The number of rotatable bonds is 6. The highest BCUT2D eigenvalue weighted by Crippen LogP contribution is 2.43. The first-order chi connectivity index (χ1) is 17.1. The fraction of sp³-hybridized carbons (Fsp3) is 0.160. The van der Waals surface area contributed by atoms with E-state index in [1.165, 1.54) is 11.8 Å². The van der Waals surface area contributed by atoms with Gasteiger partial charge in [-0.3, -0.25) is 0 Å². The Morgan fingerprint density at radius 1 is 0.971 bits per heavy atom.